The maximum atomic E-state index is 11.4. The van der Waals surface area contributed by atoms with Crippen molar-refractivity contribution in [1.82, 2.24) is 10.2 Å². The van der Waals surface area contributed by atoms with Crippen molar-refractivity contribution in [2.45, 2.75) is 38.6 Å². The molecule has 0 aromatic heterocycles. The van der Waals surface area contributed by atoms with Gasteiger partial charge in [0.05, 0.1) is 6.04 Å². The smallest absolute Gasteiger partial charge is 0.236 e. The first kappa shape index (κ1) is 14.4. The molecule has 1 unspecified atom stereocenters. The van der Waals surface area contributed by atoms with Crippen LogP contribution in [0.3, 0.4) is 0 Å². The number of nitrogens with one attached hydrogen (secondary N) is 1. The van der Waals surface area contributed by atoms with E-state index in [2.05, 4.69) is 24.3 Å². The molecule has 15 heavy (non-hydrogen) atoms. The van der Waals surface area contributed by atoms with Gasteiger partial charge in [-0.05, 0) is 39.9 Å². The summed E-state index contributed by atoms with van der Waals surface area (Å²) < 4.78 is 0. The van der Waals surface area contributed by atoms with Crippen molar-refractivity contribution in [1.29, 1.82) is 0 Å². The lowest BCUT2D eigenvalue weighted by atomic mass is 10.1. The predicted octanol–water partition coefficient (Wildman–Crippen LogP) is 0.572. The Kier molecular flexibility index (Phi) is 8.33. The minimum absolute atomic E-state index is 0.0123. The zero-order valence-corrected chi connectivity index (χ0v) is 10.3. The lowest BCUT2D eigenvalue weighted by molar-refractivity contribution is -0.122. The number of rotatable bonds is 8. The van der Waals surface area contributed by atoms with Crippen LogP contribution in [0.15, 0.2) is 0 Å². The van der Waals surface area contributed by atoms with E-state index in [1.54, 1.807) is 0 Å². The molecule has 90 valence electrons. The van der Waals surface area contributed by atoms with Gasteiger partial charge >= 0.3 is 0 Å². The summed E-state index contributed by atoms with van der Waals surface area (Å²) in [5.41, 5.74) is 5.67. The molecule has 0 saturated carbocycles. The molecule has 3 N–H and O–H groups in total. The second kappa shape index (κ2) is 8.68. The van der Waals surface area contributed by atoms with Crippen molar-refractivity contribution >= 4 is 5.91 Å². The molecule has 0 bridgehead atoms. The molecule has 0 radical (unpaired) electrons. The molecule has 4 heteroatoms. The van der Waals surface area contributed by atoms with Crippen molar-refractivity contribution in [3.8, 4) is 0 Å². The van der Waals surface area contributed by atoms with Crippen molar-refractivity contribution < 1.29 is 4.79 Å². The summed E-state index contributed by atoms with van der Waals surface area (Å²) in [5, 5.41) is 2.86. The van der Waals surface area contributed by atoms with E-state index in [4.69, 9.17) is 5.73 Å². The van der Waals surface area contributed by atoms with Crippen LogP contribution in [-0.2, 0) is 4.79 Å². The zero-order valence-electron chi connectivity index (χ0n) is 10.3. The second-order valence-electron chi connectivity index (χ2n) is 4.20. The van der Waals surface area contributed by atoms with Crippen LogP contribution in [0.2, 0.25) is 0 Å². The Labute approximate surface area is 93.2 Å². The monoisotopic (exact) mass is 215 g/mol. The highest BCUT2D eigenvalue weighted by Gasteiger charge is 2.10. The molecule has 4 nitrogen and oxygen atoms in total. The van der Waals surface area contributed by atoms with Crippen molar-refractivity contribution in [3.05, 3.63) is 0 Å². The van der Waals surface area contributed by atoms with Crippen LogP contribution in [0, 0.1) is 0 Å². The van der Waals surface area contributed by atoms with Crippen LogP contribution in [0.4, 0.5) is 0 Å². The first-order valence-corrected chi connectivity index (χ1v) is 5.76. The summed E-state index contributed by atoms with van der Waals surface area (Å²) in [6.07, 6.45) is 3.85. The minimum Gasteiger partial charge on any atom is -0.355 e. The van der Waals surface area contributed by atoms with Crippen LogP contribution in [0.5, 0.6) is 0 Å². The number of nitrogens with zero attached hydrogens (tertiary/aromatic N) is 1. The highest BCUT2D eigenvalue weighted by Crippen LogP contribution is 1.94. The number of amides is 1. The molecule has 0 spiro atoms. The Morgan fingerprint density at radius 1 is 1.40 bits per heavy atom. The molecular weight excluding hydrogens is 190 g/mol. The molecule has 0 fully saturated rings. The summed E-state index contributed by atoms with van der Waals surface area (Å²) in [5.74, 6) is -0.0123. The molecule has 1 atom stereocenters. The lowest BCUT2D eigenvalue weighted by Gasteiger charge is -2.12. The van der Waals surface area contributed by atoms with E-state index in [1.807, 2.05) is 6.92 Å². The molecule has 0 aliphatic carbocycles. The molecule has 0 aliphatic heterocycles. The Morgan fingerprint density at radius 3 is 2.60 bits per heavy atom. The van der Waals surface area contributed by atoms with Crippen molar-refractivity contribution in [2.75, 3.05) is 27.2 Å². The maximum Gasteiger partial charge on any atom is 0.236 e. The van der Waals surface area contributed by atoms with Crippen LogP contribution in [0.25, 0.3) is 0 Å². The average molecular weight is 215 g/mol. The molecule has 0 saturated heterocycles. The first-order valence-electron chi connectivity index (χ1n) is 5.76. The van der Waals surface area contributed by atoms with Gasteiger partial charge in [-0.1, -0.05) is 13.3 Å². The summed E-state index contributed by atoms with van der Waals surface area (Å²) in [6.45, 7) is 3.84. The standard InChI is InChI=1S/C11H25N3O/c1-4-7-10(12)11(15)13-8-5-6-9-14(2)3/h10H,4-9,12H2,1-3H3,(H,13,15). The zero-order chi connectivity index (χ0) is 11.7. The van der Waals surface area contributed by atoms with Gasteiger partial charge in [0.1, 0.15) is 0 Å². The second-order valence-corrected chi connectivity index (χ2v) is 4.20. The summed E-state index contributed by atoms with van der Waals surface area (Å²) in [4.78, 5) is 13.5. The highest BCUT2D eigenvalue weighted by atomic mass is 16.2. The van der Waals surface area contributed by atoms with E-state index >= 15 is 0 Å². The van der Waals surface area contributed by atoms with Crippen molar-refractivity contribution in [3.63, 3.8) is 0 Å². The van der Waals surface area contributed by atoms with Gasteiger partial charge < -0.3 is 16.0 Å². The number of hydrogen-bond donors (Lipinski definition) is 2. The third kappa shape index (κ3) is 8.39. The van der Waals surface area contributed by atoms with Gasteiger partial charge in [-0.15, -0.1) is 0 Å². The van der Waals surface area contributed by atoms with E-state index < -0.39 is 0 Å². The number of carbonyl (C=O) groups is 1. The Balaban J connectivity index is 3.38. The highest BCUT2D eigenvalue weighted by molar-refractivity contribution is 5.81. The van der Waals surface area contributed by atoms with Gasteiger partial charge in [0.2, 0.25) is 5.91 Å². The van der Waals surface area contributed by atoms with Gasteiger partial charge in [-0.25, -0.2) is 0 Å². The molecule has 1 amide bonds. The first-order chi connectivity index (χ1) is 7.07. The fraction of sp³-hybridized carbons (Fsp3) is 0.909. The lowest BCUT2D eigenvalue weighted by Crippen LogP contribution is -2.40. The SMILES string of the molecule is CCCC(N)C(=O)NCCCCN(C)C. The number of unbranched alkanes of at least 4 members (excludes halogenated alkanes) is 1. The minimum atomic E-state index is -0.330. The van der Waals surface area contributed by atoms with Crippen LogP contribution >= 0.6 is 0 Å². The van der Waals surface area contributed by atoms with Gasteiger partial charge in [0, 0.05) is 6.54 Å². The fourth-order valence-electron chi connectivity index (χ4n) is 1.34. The van der Waals surface area contributed by atoms with Gasteiger partial charge in [0.15, 0.2) is 0 Å². The van der Waals surface area contributed by atoms with Gasteiger partial charge in [0.25, 0.3) is 0 Å². The largest absolute Gasteiger partial charge is 0.355 e. The van der Waals surface area contributed by atoms with E-state index in [-0.39, 0.29) is 11.9 Å². The Hall–Kier alpha value is -0.610. The quantitative estimate of drug-likeness (QED) is 0.582. The van der Waals surface area contributed by atoms with Crippen LogP contribution in [0.1, 0.15) is 32.6 Å². The van der Waals surface area contributed by atoms with E-state index in [0.717, 1.165) is 38.8 Å². The van der Waals surface area contributed by atoms with Crippen molar-refractivity contribution in [2.24, 2.45) is 5.73 Å². The Morgan fingerprint density at radius 2 is 2.07 bits per heavy atom. The topological polar surface area (TPSA) is 58.4 Å². The molecule has 0 rings (SSSR count). The predicted molar refractivity (Wildman–Crippen MR) is 63.7 cm³/mol. The third-order valence-corrected chi connectivity index (χ3v) is 2.27. The van der Waals surface area contributed by atoms with Crippen LogP contribution < -0.4 is 11.1 Å². The molecule has 0 aliphatic rings. The molecular formula is C11H25N3O. The number of hydrogen-bond acceptors (Lipinski definition) is 3. The fourth-order valence-corrected chi connectivity index (χ4v) is 1.34. The maximum absolute atomic E-state index is 11.4. The van der Waals surface area contributed by atoms with E-state index in [0.29, 0.717) is 0 Å². The summed E-state index contributed by atoms with van der Waals surface area (Å²) in [7, 11) is 4.10. The normalized spacial score (nSPS) is 12.9. The van der Waals surface area contributed by atoms with E-state index in [9.17, 15) is 4.79 Å². The van der Waals surface area contributed by atoms with Gasteiger partial charge in [-0.2, -0.15) is 0 Å². The third-order valence-electron chi connectivity index (χ3n) is 2.27. The molecule has 0 aromatic carbocycles. The van der Waals surface area contributed by atoms with Gasteiger partial charge in [-0.3, -0.25) is 4.79 Å². The molecule has 0 heterocycles. The Bertz CT molecular complexity index is 171. The molecule has 0 aromatic rings. The summed E-state index contributed by atoms with van der Waals surface area (Å²) in [6, 6.07) is -0.330. The van der Waals surface area contributed by atoms with Crippen LogP contribution in [-0.4, -0.2) is 44.0 Å². The average Bonchev–Trinajstić information content (AvgIpc) is 2.16. The number of nitrogens with two attached hydrogens (primary N) is 1. The summed E-state index contributed by atoms with van der Waals surface area (Å²) >= 11 is 0. The van der Waals surface area contributed by atoms with E-state index in [1.165, 1.54) is 0 Å². The number of carbonyl (C=O) groups excluding carboxylic acids is 1.